The zero-order chi connectivity index (χ0) is 25.1. The van der Waals surface area contributed by atoms with Gasteiger partial charge >= 0.3 is 0 Å². The number of benzene rings is 2. The van der Waals surface area contributed by atoms with Crippen LogP contribution in [0.4, 0.5) is 11.8 Å². The van der Waals surface area contributed by atoms with Crippen molar-refractivity contribution in [2.75, 3.05) is 36.6 Å². The fourth-order valence-corrected chi connectivity index (χ4v) is 6.84. The van der Waals surface area contributed by atoms with Crippen molar-refractivity contribution < 1.29 is 4.79 Å². The first-order valence-electron chi connectivity index (χ1n) is 13.1. The van der Waals surface area contributed by atoms with E-state index >= 15 is 0 Å². The van der Waals surface area contributed by atoms with Crippen molar-refractivity contribution >= 4 is 40.3 Å². The highest BCUT2D eigenvalue weighted by Gasteiger charge is 2.32. The molecule has 2 aliphatic rings. The molecule has 1 aliphatic carbocycles. The summed E-state index contributed by atoms with van der Waals surface area (Å²) in [6, 6.07) is 17.3. The topological polar surface area (TPSA) is 70.2 Å². The van der Waals surface area contributed by atoms with Crippen LogP contribution in [0.5, 0.6) is 0 Å². The third-order valence-electron chi connectivity index (χ3n) is 7.57. The highest BCUT2D eigenvalue weighted by Crippen LogP contribution is 2.43. The van der Waals surface area contributed by atoms with Crippen LogP contribution in [0.15, 0.2) is 48.5 Å². The fraction of sp³-hybridized carbons (Fsp3) is 0.483. The summed E-state index contributed by atoms with van der Waals surface area (Å²) in [6.07, 6.45) is 5.30. The normalized spacial score (nSPS) is 24.0. The van der Waals surface area contributed by atoms with Crippen LogP contribution in [0.2, 0.25) is 0 Å². The molecule has 0 spiro atoms. The minimum atomic E-state index is 0.121. The largest absolute Gasteiger partial charge is 0.362 e. The Morgan fingerprint density at radius 1 is 1.03 bits per heavy atom. The molecule has 1 aromatic heterocycles. The molecule has 1 saturated heterocycles. The second kappa shape index (κ2) is 11.1. The first-order chi connectivity index (χ1) is 17.5. The Labute approximate surface area is 218 Å². The van der Waals surface area contributed by atoms with Gasteiger partial charge in [0.05, 0.1) is 5.52 Å². The van der Waals surface area contributed by atoms with Gasteiger partial charge in [0.1, 0.15) is 5.82 Å². The number of anilines is 2. The number of nitrogens with zero attached hydrogens (tertiary/aromatic N) is 3. The van der Waals surface area contributed by atoms with Crippen LogP contribution in [0.3, 0.4) is 0 Å². The first kappa shape index (κ1) is 24.9. The molecular weight excluding hydrogens is 466 g/mol. The molecule has 2 heterocycles. The number of nitrogens with one attached hydrogen (secondary N) is 2. The molecule has 2 fully saturated rings. The zero-order valence-electron chi connectivity index (χ0n) is 21.5. The van der Waals surface area contributed by atoms with Gasteiger partial charge in [-0.3, -0.25) is 4.79 Å². The molecule has 1 amide bonds. The van der Waals surface area contributed by atoms with E-state index in [1.165, 1.54) is 11.1 Å². The lowest BCUT2D eigenvalue weighted by Gasteiger charge is -2.29. The summed E-state index contributed by atoms with van der Waals surface area (Å²) < 4.78 is 0. The maximum atomic E-state index is 12.9. The number of aryl methyl sites for hydroxylation is 1. The lowest BCUT2D eigenvalue weighted by molar-refractivity contribution is -0.124. The number of fused-ring (bicyclic) bond motifs is 1. The van der Waals surface area contributed by atoms with Crippen molar-refractivity contribution in [3.05, 3.63) is 59.7 Å². The van der Waals surface area contributed by atoms with Crippen LogP contribution in [-0.2, 0) is 4.79 Å². The second-order valence-electron chi connectivity index (χ2n) is 10.6. The molecule has 190 valence electrons. The van der Waals surface area contributed by atoms with E-state index in [-0.39, 0.29) is 11.8 Å². The molecule has 2 aromatic carbocycles. The van der Waals surface area contributed by atoms with Crippen LogP contribution >= 0.6 is 11.8 Å². The van der Waals surface area contributed by atoms with Gasteiger partial charge in [0, 0.05) is 49.0 Å². The molecule has 36 heavy (non-hydrogen) atoms. The van der Waals surface area contributed by atoms with Crippen LogP contribution < -0.4 is 15.5 Å². The van der Waals surface area contributed by atoms with Gasteiger partial charge < -0.3 is 15.5 Å². The van der Waals surface area contributed by atoms with Crippen molar-refractivity contribution in [3.8, 4) is 0 Å². The van der Waals surface area contributed by atoms with Gasteiger partial charge in [0.15, 0.2) is 0 Å². The van der Waals surface area contributed by atoms with Crippen molar-refractivity contribution in [2.24, 2.45) is 11.8 Å². The maximum absolute atomic E-state index is 12.9. The molecule has 6 nitrogen and oxygen atoms in total. The number of amides is 1. The highest BCUT2D eigenvalue weighted by atomic mass is 32.2. The summed E-state index contributed by atoms with van der Waals surface area (Å²) in [6.45, 7) is 2.91. The number of aromatic nitrogens is 2. The third-order valence-corrected chi connectivity index (χ3v) is 9.03. The van der Waals surface area contributed by atoms with E-state index in [4.69, 9.17) is 9.97 Å². The molecule has 2 unspecified atom stereocenters. The molecule has 7 heteroatoms. The van der Waals surface area contributed by atoms with Crippen molar-refractivity contribution in [1.29, 1.82) is 0 Å². The quantitative estimate of drug-likeness (QED) is 0.438. The number of hydrogen-bond acceptors (Lipinski definition) is 6. The van der Waals surface area contributed by atoms with Crippen LogP contribution in [0, 0.1) is 18.8 Å². The molecule has 2 N–H and O–H groups in total. The van der Waals surface area contributed by atoms with E-state index in [1.54, 1.807) is 0 Å². The maximum Gasteiger partial charge on any atom is 0.225 e. The summed E-state index contributed by atoms with van der Waals surface area (Å²) in [5.41, 5.74) is 3.59. The van der Waals surface area contributed by atoms with Gasteiger partial charge in [0.25, 0.3) is 0 Å². The molecule has 2 atom stereocenters. The predicted molar refractivity (Wildman–Crippen MR) is 151 cm³/mol. The van der Waals surface area contributed by atoms with E-state index in [1.807, 2.05) is 49.0 Å². The number of carbonyl (C=O) groups is 1. The van der Waals surface area contributed by atoms with E-state index in [0.29, 0.717) is 23.2 Å². The average Bonchev–Trinajstić information content (AvgIpc) is 3.38. The van der Waals surface area contributed by atoms with E-state index in [2.05, 4.69) is 47.9 Å². The van der Waals surface area contributed by atoms with Gasteiger partial charge in [-0.05, 0) is 62.6 Å². The number of thioether (sulfide) groups is 1. The summed E-state index contributed by atoms with van der Waals surface area (Å²) in [5.74, 6) is 3.46. The monoisotopic (exact) mass is 503 g/mol. The average molecular weight is 504 g/mol. The Kier molecular flexibility index (Phi) is 7.65. The van der Waals surface area contributed by atoms with Crippen LogP contribution in [0.25, 0.3) is 10.9 Å². The van der Waals surface area contributed by atoms with E-state index in [9.17, 15) is 4.79 Å². The van der Waals surface area contributed by atoms with Crippen molar-refractivity contribution in [2.45, 2.75) is 50.3 Å². The SMILES string of the molecule is Cc1ccc(C2CC(C(=O)NC[C@H]3CC[C@@H](Nc4nc(N(C)C)c5ccccc5n4)CC3)CS2)cc1. The lowest BCUT2D eigenvalue weighted by atomic mass is 9.86. The minimum Gasteiger partial charge on any atom is -0.362 e. The summed E-state index contributed by atoms with van der Waals surface area (Å²) in [7, 11) is 4.04. The van der Waals surface area contributed by atoms with Crippen LogP contribution in [-0.4, -0.2) is 48.3 Å². The summed E-state index contributed by atoms with van der Waals surface area (Å²) in [5, 5.41) is 8.37. The molecule has 0 radical (unpaired) electrons. The highest BCUT2D eigenvalue weighted by molar-refractivity contribution is 7.99. The molecule has 5 rings (SSSR count). The summed E-state index contributed by atoms with van der Waals surface area (Å²) in [4.78, 5) is 24.5. The van der Waals surface area contributed by atoms with Gasteiger partial charge in [-0.15, -0.1) is 0 Å². The Hall–Kier alpha value is -2.80. The Morgan fingerprint density at radius 3 is 2.53 bits per heavy atom. The Bertz CT molecular complexity index is 1190. The molecule has 1 saturated carbocycles. The minimum absolute atomic E-state index is 0.121. The summed E-state index contributed by atoms with van der Waals surface area (Å²) >= 11 is 1.92. The first-order valence-corrected chi connectivity index (χ1v) is 14.2. The fourth-order valence-electron chi connectivity index (χ4n) is 5.37. The standard InChI is InChI=1S/C29H37N5OS/c1-19-8-12-21(13-9-19)26-16-22(18-36-26)28(35)30-17-20-10-14-23(15-11-20)31-29-32-25-7-5-4-6-24(25)27(33-29)34(2)3/h4-9,12-13,20,22-23,26H,10-11,14-18H2,1-3H3,(H,30,35)(H,31,32,33)/t20-,22?,23+,26?. The van der Waals surface area contributed by atoms with Gasteiger partial charge in [-0.1, -0.05) is 42.0 Å². The van der Waals surface area contributed by atoms with E-state index < -0.39 is 0 Å². The second-order valence-corrected chi connectivity index (χ2v) is 11.8. The Morgan fingerprint density at radius 2 is 1.78 bits per heavy atom. The molecule has 1 aliphatic heterocycles. The van der Waals surface area contributed by atoms with Crippen molar-refractivity contribution in [3.63, 3.8) is 0 Å². The Balaban J connectivity index is 1.08. The van der Waals surface area contributed by atoms with E-state index in [0.717, 1.165) is 61.1 Å². The van der Waals surface area contributed by atoms with Crippen molar-refractivity contribution in [1.82, 2.24) is 15.3 Å². The molecular formula is C29H37N5OS. The zero-order valence-corrected chi connectivity index (χ0v) is 22.4. The number of para-hydroxylation sites is 1. The predicted octanol–water partition coefficient (Wildman–Crippen LogP) is 5.59. The third kappa shape index (κ3) is 5.77. The number of rotatable bonds is 7. The van der Waals surface area contributed by atoms with Crippen LogP contribution in [0.1, 0.15) is 48.5 Å². The van der Waals surface area contributed by atoms with Gasteiger partial charge in [0.2, 0.25) is 11.9 Å². The van der Waals surface area contributed by atoms with Gasteiger partial charge in [-0.25, -0.2) is 4.98 Å². The van der Waals surface area contributed by atoms with Gasteiger partial charge in [-0.2, -0.15) is 16.7 Å². The lowest BCUT2D eigenvalue weighted by Crippen LogP contribution is -2.37. The smallest absolute Gasteiger partial charge is 0.225 e. The molecule has 0 bridgehead atoms. The number of hydrogen-bond donors (Lipinski definition) is 2. The number of carbonyl (C=O) groups excluding carboxylic acids is 1. The molecule has 3 aromatic rings.